The van der Waals surface area contributed by atoms with E-state index in [1.807, 2.05) is 6.92 Å². The highest BCUT2D eigenvalue weighted by molar-refractivity contribution is 4.83. The normalized spacial score (nSPS) is 14.4. The van der Waals surface area contributed by atoms with Crippen molar-refractivity contribution in [3.63, 3.8) is 0 Å². The Morgan fingerprint density at radius 1 is 1.17 bits per heavy atom. The number of rotatable bonds is 6. The van der Waals surface area contributed by atoms with Crippen molar-refractivity contribution >= 4 is 0 Å². The van der Waals surface area contributed by atoms with E-state index in [0.717, 1.165) is 19.3 Å². The Labute approximate surface area is 76.5 Å². The largest absolute Gasteiger partial charge is 0.393 e. The molecular formula is C11H22O. The lowest BCUT2D eigenvalue weighted by Gasteiger charge is -2.01. The van der Waals surface area contributed by atoms with Crippen molar-refractivity contribution in [2.24, 2.45) is 5.92 Å². The summed E-state index contributed by atoms with van der Waals surface area (Å²) in [6, 6.07) is 0. The number of allylic oxidation sites excluding steroid dienone is 2. The van der Waals surface area contributed by atoms with Crippen molar-refractivity contribution < 1.29 is 5.11 Å². The van der Waals surface area contributed by atoms with Gasteiger partial charge in [0.2, 0.25) is 0 Å². The molecule has 0 aromatic carbocycles. The molecule has 72 valence electrons. The molecule has 0 aliphatic heterocycles. The molecule has 1 atom stereocenters. The summed E-state index contributed by atoms with van der Waals surface area (Å²) < 4.78 is 0. The van der Waals surface area contributed by atoms with Crippen molar-refractivity contribution in [3.8, 4) is 0 Å². The maximum Gasteiger partial charge on any atom is 0.0512 e. The maximum absolute atomic E-state index is 8.98. The zero-order chi connectivity index (χ0) is 9.40. The predicted molar refractivity (Wildman–Crippen MR) is 54.1 cm³/mol. The number of hydrogen-bond donors (Lipinski definition) is 1. The number of unbranched alkanes of at least 4 members (excludes halogenated alkanes) is 2. The van der Waals surface area contributed by atoms with E-state index in [1.165, 1.54) is 6.42 Å². The van der Waals surface area contributed by atoms with E-state index in [1.54, 1.807) is 0 Å². The van der Waals surface area contributed by atoms with Crippen LogP contribution in [-0.4, -0.2) is 11.2 Å². The van der Waals surface area contributed by atoms with Gasteiger partial charge in [-0.25, -0.2) is 0 Å². The first-order valence-corrected chi connectivity index (χ1v) is 4.97. The van der Waals surface area contributed by atoms with Gasteiger partial charge >= 0.3 is 0 Å². The molecule has 0 aromatic heterocycles. The van der Waals surface area contributed by atoms with Gasteiger partial charge in [-0.3, -0.25) is 0 Å². The zero-order valence-corrected chi connectivity index (χ0v) is 8.59. The van der Waals surface area contributed by atoms with Crippen LogP contribution >= 0.6 is 0 Å². The number of aliphatic hydroxyl groups excluding tert-OH is 1. The second kappa shape index (κ2) is 7.35. The first-order chi connectivity index (χ1) is 5.63. The lowest BCUT2D eigenvalue weighted by Crippen LogP contribution is -1.97. The van der Waals surface area contributed by atoms with Crippen LogP contribution < -0.4 is 0 Å². The molecule has 0 amide bonds. The van der Waals surface area contributed by atoms with Crippen LogP contribution in [0, 0.1) is 5.92 Å². The highest BCUT2D eigenvalue weighted by Crippen LogP contribution is 2.04. The first-order valence-electron chi connectivity index (χ1n) is 4.97. The van der Waals surface area contributed by atoms with E-state index in [4.69, 9.17) is 5.11 Å². The Hall–Kier alpha value is -0.300. The molecule has 1 nitrogen and oxygen atoms in total. The van der Waals surface area contributed by atoms with Crippen molar-refractivity contribution in [2.75, 3.05) is 0 Å². The van der Waals surface area contributed by atoms with Gasteiger partial charge in [0.25, 0.3) is 0 Å². The van der Waals surface area contributed by atoms with Gasteiger partial charge in [0.1, 0.15) is 0 Å². The maximum atomic E-state index is 8.98. The summed E-state index contributed by atoms with van der Waals surface area (Å²) in [6.45, 7) is 6.22. The molecule has 0 heterocycles. The Kier molecular flexibility index (Phi) is 7.17. The highest BCUT2D eigenvalue weighted by atomic mass is 16.3. The zero-order valence-electron chi connectivity index (χ0n) is 8.59. The van der Waals surface area contributed by atoms with E-state index in [0.29, 0.717) is 5.92 Å². The second-order valence-electron chi connectivity index (χ2n) is 3.81. The molecule has 1 heteroatoms. The third-order valence-corrected chi connectivity index (χ3v) is 1.76. The minimum atomic E-state index is -0.126. The summed E-state index contributed by atoms with van der Waals surface area (Å²) in [5.74, 6) is 0.668. The van der Waals surface area contributed by atoms with Crippen LogP contribution in [0.15, 0.2) is 12.2 Å². The molecule has 0 fully saturated rings. The van der Waals surface area contributed by atoms with Gasteiger partial charge in [-0.2, -0.15) is 0 Å². The molecule has 0 aliphatic rings. The molecule has 0 rings (SSSR count). The van der Waals surface area contributed by atoms with E-state index in [2.05, 4.69) is 26.0 Å². The molecule has 1 N–H and O–H groups in total. The summed E-state index contributed by atoms with van der Waals surface area (Å²) in [5, 5.41) is 8.98. The van der Waals surface area contributed by atoms with Gasteiger partial charge < -0.3 is 5.11 Å². The topological polar surface area (TPSA) is 20.2 Å². The molecule has 0 aromatic rings. The summed E-state index contributed by atoms with van der Waals surface area (Å²) >= 11 is 0. The van der Waals surface area contributed by atoms with Gasteiger partial charge in [0.15, 0.2) is 0 Å². The van der Waals surface area contributed by atoms with Crippen LogP contribution in [0.3, 0.4) is 0 Å². The number of aliphatic hydroxyl groups is 1. The molecule has 0 saturated carbocycles. The Balaban J connectivity index is 3.11. The highest BCUT2D eigenvalue weighted by Gasteiger charge is 1.93. The van der Waals surface area contributed by atoms with Crippen molar-refractivity contribution in [3.05, 3.63) is 12.2 Å². The summed E-state index contributed by atoms with van der Waals surface area (Å²) in [4.78, 5) is 0. The van der Waals surface area contributed by atoms with E-state index in [9.17, 15) is 0 Å². The van der Waals surface area contributed by atoms with Crippen LogP contribution in [0.5, 0.6) is 0 Å². The fraction of sp³-hybridized carbons (Fsp3) is 0.818. The van der Waals surface area contributed by atoms with Crippen LogP contribution in [0.2, 0.25) is 0 Å². The summed E-state index contributed by atoms with van der Waals surface area (Å²) in [7, 11) is 0. The predicted octanol–water partition coefficient (Wildman–Crippen LogP) is 3.14. The molecule has 0 bridgehead atoms. The van der Waals surface area contributed by atoms with Gasteiger partial charge in [-0.05, 0) is 32.1 Å². The number of hydrogen-bond acceptors (Lipinski definition) is 1. The van der Waals surface area contributed by atoms with Gasteiger partial charge in [-0.15, -0.1) is 0 Å². The lowest BCUT2D eigenvalue weighted by molar-refractivity contribution is 0.181. The fourth-order valence-electron chi connectivity index (χ4n) is 1.07. The second-order valence-corrected chi connectivity index (χ2v) is 3.81. The van der Waals surface area contributed by atoms with Crippen LogP contribution in [-0.2, 0) is 0 Å². The monoisotopic (exact) mass is 170 g/mol. The lowest BCUT2D eigenvalue weighted by atomic mass is 10.1. The molecule has 0 aliphatic carbocycles. The van der Waals surface area contributed by atoms with Crippen molar-refractivity contribution in [2.45, 2.75) is 52.6 Å². The average molecular weight is 170 g/mol. The Bertz CT molecular complexity index is 114. The summed E-state index contributed by atoms with van der Waals surface area (Å²) in [6.07, 6.45) is 8.79. The standard InChI is InChI=1S/C11H22O/c1-10(2)8-6-4-5-7-9-11(3)12/h6,8,10-12H,4-5,7,9H2,1-3H3/b8-6+/t11-/m1/s1. The first kappa shape index (κ1) is 11.7. The Morgan fingerprint density at radius 2 is 1.83 bits per heavy atom. The quantitative estimate of drug-likeness (QED) is 0.479. The van der Waals surface area contributed by atoms with Crippen molar-refractivity contribution in [1.82, 2.24) is 0 Å². The SMILES string of the molecule is CC(C)/C=C/CCCC[C@@H](C)O. The molecule has 0 radical (unpaired) electrons. The smallest absolute Gasteiger partial charge is 0.0512 e. The van der Waals surface area contributed by atoms with Gasteiger partial charge in [-0.1, -0.05) is 32.4 Å². The molecular weight excluding hydrogens is 148 g/mol. The third-order valence-electron chi connectivity index (χ3n) is 1.76. The minimum Gasteiger partial charge on any atom is -0.393 e. The van der Waals surface area contributed by atoms with Crippen molar-refractivity contribution in [1.29, 1.82) is 0 Å². The Morgan fingerprint density at radius 3 is 2.33 bits per heavy atom. The summed E-state index contributed by atoms with van der Waals surface area (Å²) in [5.41, 5.74) is 0. The molecule has 0 saturated heterocycles. The molecule has 0 unspecified atom stereocenters. The average Bonchev–Trinajstić information content (AvgIpc) is 1.95. The fourth-order valence-corrected chi connectivity index (χ4v) is 1.07. The van der Waals surface area contributed by atoms with Crippen LogP contribution in [0.1, 0.15) is 46.5 Å². The molecule has 0 spiro atoms. The van der Waals surface area contributed by atoms with E-state index in [-0.39, 0.29) is 6.10 Å². The van der Waals surface area contributed by atoms with Gasteiger partial charge in [0.05, 0.1) is 6.10 Å². The van der Waals surface area contributed by atoms with Crippen LogP contribution in [0.4, 0.5) is 0 Å². The third kappa shape index (κ3) is 9.70. The minimum absolute atomic E-state index is 0.126. The van der Waals surface area contributed by atoms with Gasteiger partial charge in [0, 0.05) is 0 Å². The van der Waals surface area contributed by atoms with E-state index >= 15 is 0 Å². The van der Waals surface area contributed by atoms with E-state index < -0.39 is 0 Å². The van der Waals surface area contributed by atoms with Crippen LogP contribution in [0.25, 0.3) is 0 Å². The molecule has 12 heavy (non-hydrogen) atoms.